The first-order valence-corrected chi connectivity index (χ1v) is 11.6. The maximum absolute atomic E-state index is 12.9. The number of carbonyl (C=O) groups is 1. The van der Waals surface area contributed by atoms with Crippen molar-refractivity contribution in [1.82, 2.24) is 15.0 Å². The highest BCUT2D eigenvalue weighted by molar-refractivity contribution is 6.05. The second-order valence-electron chi connectivity index (χ2n) is 8.82. The molecule has 7 heteroatoms. The summed E-state index contributed by atoms with van der Waals surface area (Å²) >= 11 is 0. The van der Waals surface area contributed by atoms with Crippen LogP contribution in [0.1, 0.15) is 27.2 Å². The van der Waals surface area contributed by atoms with Crippen LogP contribution in [0.3, 0.4) is 0 Å². The van der Waals surface area contributed by atoms with Gasteiger partial charge < -0.3 is 15.1 Å². The standard InChI is InChI=1S/C27H28N6O/c1-5-23-26(34)32(4)24-11-10-19(14-25(24)33(23)17(2)3)30-27-29-13-12-22(31-27)21-16-28-15-18-8-6-7-9-20(18)21/h6-17,23H,5H2,1-4H3,(H,29,30,31)/t23-/m1/s1. The number of nitrogens with one attached hydrogen (secondary N) is 1. The fraction of sp³-hybridized carbons (Fsp3) is 0.259. The van der Waals surface area contributed by atoms with Crippen molar-refractivity contribution in [3.8, 4) is 11.3 Å². The summed E-state index contributed by atoms with van der Waals surface area (Å²) in [7, 11) is 1.85. The zero-order valence-electron chi connectivity index (χ0n) is 19.9. The molecule has 0 bridgehead atoms. The minimum Gasteiger partial charge on any atom is -0.355 e. The number of hydrogen-bond donors (Lipinski definition) is 1. The van der Waals surface area contributed by atoms with Gasteiger partial charge in [-0.3, -0.25) is 9.78 Å². The minimum atomic E-state index is -0.175. The Morgan fingerprint density at radius 3 is 2.68 bits per heavy atom. The Kier molecular flexibility index (Phi) is 5.61. The largest absolute Gasteiger partial charge is 0.355 e. The van der Waals surface area contributed by atoms with Gasteiger partial charge >= 0.3 is 0 Å². The summed E-state index contributed by atoms with van der Waals surface area (Å²) in [4.78, 5) is 30.5. The molecule has 0 saturated heterocycles. The van der Waals surface area contributed by atoms with E-state index in [1.807, 2.05) is 55.8 Å². The van der Waals surface area contributed by atoms with Gasteiger partial charge in [0.15, 0.2) is 0 Å². The summed E-state index contributed by atoms with van der Waals surface area (Å²) in [6.07, 6.45) is 6.21. The molecule has 1 aliphatic rings. The average Bonchev–Trinajstić information content (AvgIpc) is 2.85. The van der Waals surface area contributed by atoms with Gasteiger partial charge in [0, 0.05) is 48.3 Å². The topological polar surface area (TPSA) is 74.2 Å². The van der Waals surface area contributed by atoms with Gasteiger partial charge in [0.1, 0.15) is 6.04 Å². The summed E-state index contributed by atoms with van der Waals surface area (Å²) in [5.74, 6) is 0.637. The molecule has 0 aliphatic carbocycles. The third kappa shape index (κ3) is 3.73. The van der Waals surface area contributed by atoms with Crippen molar-refractivity contribution < 1.29 is 4.79 Å². The number of nitrogens with zero attached hydrogens (tertiary/aromatic N) is 5. The molecule has 2 aromatic carbocycles. The molecule has 172 valence electrons. The maximum atomic E-state index is 12.9. The Morgan fingerprint density at radius 2 is 1.88 bits per heavy atom. The lowest BCUT2D eigenvalue weighted by atomic mass is 10.0. The van der Waals surface area contributed by atoms with E-state index in [4.69, 9.17) is 4.98 Å². The monoisotopic (exact) mass is 452 g/mol. The fourth-order valence-electron chi connectivity index (χ4n) is 4.75. The molecule has 3 heterocycles. The van der Waals surface area contributed by atoms with Gasteiger partial charge in [0.05, 0.1) is 17.1 Å². The SMILES string of the molecule is CC[C@@H]1C(=O)N(C)c2ccc(Nc3nccc(-c4cncc5ccccc45)n3)cc2N1C(C)C. The second-order valence-corrected chi connectivity index (χ2v) is 8.82. The number of pyridine rings is 1. The molecule has 0 fully saturated rings. The van der Waals surface area contributed by atoms with E-state index in [-0.39, 0.29) is 18.0 Å². The summed E-state index contributed by atoms with van der Waals surface area (Å²) in [6.45, 7) is 6.30. The van der Waals surface area contributed by atoms with Crippen LogP contribution in [-0.2, 0) is 4.79 Å². The van der Waals surface area contributed by atoms with E-state index in [1.165, 1.54) is 0 Å². The van der Waals surface area contributed by atoms with Crippen LogP contribution in [0.4, 0.5) is 23.0 Å². The number of aromatic nitrogens is 3. The summed E-state index contributed by atoms with van der Waals surface area (Å²) in [5.41, 5.74) is 4.58. The molecule has 0 spiro atoms. The molecule has 2 aromatic heterocycles. The zero-order valence-corrected chi connectivity index (χ0v) is 19.9. The van der Waals surface area contributed by atoms with Crippen molar-refractivity contribution in [2.24, 2.45) is 0 Å². The maximum Gasteiger partial charge on any atom is 0.249 e. The number of fused-ring (bicyclic) bond motifs is 2. The highest BCUT2D eigenvalue weighted by atomic mass is 16.2. The lowest BCUT2D eigenvalue weighted by Gasteiger charge is -2.44. The van der Waals surface area contributed by atoms with Gasteiger partial charge in [-0.2, -0.15) is 0 Å². The van der Waals surface area contributed by atoms with E-state index < -0.39 is 0 Å². The van der Waals surface area contributed by atoms with Crippen LogP contribution >= 0.6 is 0 Å². The lowest BCUT2D eigenvalue weighted by Crippen LogP contribution is -2.54. The molecule has 1 amide bonds. The summed E-state index contributed by atoms with van der Waals surface area (Å²) in [5, 5.41) is 5.53. The van der Waals surface area contributed by atoms with Crippen LogP contribution in [0.2, 0.25) is 0 Å². The highest BCUT2D eigenvalue weighted by Gasteiger charge is 2.36. The smallest absolute Gasteiger partial charge is 0.249 e. The Labute approximate surface area is 199 Å². The normalized spacial score (nSPS) is 15.7. The molecular formula is C27H28N6O. The van der Waals surface area contributed by atoms with Crippen LogP contribution in [0, 0.1) is 0 Å². The Balaban J connectivity index is 1.51. The molecule has 7 nitrogen and oxygen atoms in total. The van der Waals surface area contributed by atoms with Crippen LogP contribution in [0.25, 0.3) is 22.0 Å². The Hall–Kier alpha value is -4.00. The first kappa shape index (κ1) is 21.8. The van der Waals surface area contributed by atoms with Gasteiger partial charge in [0.2, 0.25) is 11.9 Å². The van der Waals surface area contributed by atoms with Crippen molar-refractivity contribution >= 4 is 39.7 Å². The van der Waals surface area contributed by atoms with Crippen molar-refractivity contribution in [3.63, 3.8) is 0 Å². The van der Waals surface area contributed by atoms with Crippen molar-refractivity contribution in [2.45, 2.75) is 39.3 Å². The third-order valence-electron chi connectivity index (χ3n) is 6.37. The summed E-state index contributed by atoms with van der Waals surface area (Å²) < 4.78 is 0. The Bertz CT molecular complexity index is 1360. The first-order chi connectivity index (χ1) is 16.5. The first-order valence-electron chi connectivity index (χ1n) is 11.6. The predicted octanol–water partition coefficient (Wildman–Crippen LogP) is 5.41. The van der Waals surface area contributed by atoms with Crippen LogP contribution in [-0.4, -0.2) is 40.0 Å². The van der Waals surface area contributed by atoms with Crippen molar-refractivity contribution in [1.29, 1.82) is 0 Å². The molecule has 1 N–H and O–H groups in total. The van der Waals surface area contributed by atoms with E-state index in [9.17, 15) is 4.79 Å². The number of likely N-dealkylation sites (N-methyl/N-ethyl adjacent to an activating group) is 1. The average molecular weight is 453 g/mol. The van der Waals surface area contributed by atoms with Gasteiger partial charge in [-0.25, -0.2) is 9.97 Å². The second kappa shape index (κ2) is 8.74. The molecule has 0 unspecified atom stereocenters. The van der Waals surface area contributed by atoms with Crippen molar-refractivity contribution in [2.75, 3.05) is 22.2 Å². The number of rotatable bonds is 5. The number of carbonyl (C=O) groups excluding carboxylic acids is 1. The lowest BCUT2D eigenvalue weighted by molar-refractivity contribution is -0.120. The number of amides is 1. The molecule has 0 radical (unpaired) electrons. The molecule has 5 rings (SSSR count). The number of hydrogen-bond acceptors (Lipinski definition) is 6. The molecular weight excluding hydrogens is 424 g/mol. The van der Waals surface area contributed by atoms with E-state index in [1.54, 1.807) is 11.1 Å². The van der Waals surface area contributed by atoms with Gasteiger partial charge in [-0.05, 0) is 49.9 Å². The molecule has 0 saturated carbocycles. The van der Waals surface area contributed by atoms with E-state index in [2.05, 4.69) is 53.1 Å². The molecule has 1 aliphatic heterocycles. The summed E-state index contributed by atoms with van der Waals surface area (Å²) in [6, 6.07) is 16.1. The van der Waals surface area contributed by atoms with Crippen LogP contribution in [0.5, 0.6) is 0 Å². The molecule has 4 aromatic rings. The van der Waals surface area contributed by atoms with Crippen LogP contribution < -0.4 is 15.1 Å². The minimum absolute atomic E-state index is 0.129. The molecule has 34 heavy (non-hydrogen) atoms. The van der Waals surface area contributed by atoms with Gasteiger partial charge in [0.25, 0.3) is 0 Å². The number of anilines is 4. The van der Waals surface area contributed by atoms with Gasteiger partial charge in [-0.1, -0.05) is 31.2 Å². The van der Waals surface area contributed by atoms with Crippen LogP contribution in [0.15, 0.2) is 67.1 Å². The van der Waals surface area contributed by atoms with Crippen molar-refractivity contribution in [3.05, 3.63) is 67.1 Å². The predicted molar refractivity (Wildman–Crippen MR) is 138 cm³/mol. The quantitative estimate of drug-likeness (QED) is 0.437. The molecule has 1 atom stereocenters. The van der Waals surface area contributed by atoms with E-state index in [0.29, 0.717) is 5.95 Å². The fourth-order valence-corrected chi connectivity index (χ4v) is 4.75. The van der Waals surface area contributed by atoms with E-state index >= 15 is 0 Å². The third-order valence-corrected chi connectivity index (χ3v) is 6.37. The number of benzene rings is 2. The van der Waals surface area contributed by atoms with Gasteiger partial charge in [-0.15, -0.1) is 0 Å². The van der Waals surface area contributed by atoms with E-state index in [0.717, 1.165) is 45.5 Å². The highest BCUT2D eigenvalue weighted by Crippen LogP contribution is 2.39. The Morgan fingerprint density at radius 1 is 1.06 bits per heavy atom. The zero-order chi connectivity index (χ0) is 23.8.